The molecule has 2 aromatic heterocycles. The standard InChI is InChI=1S/C39H50N4O2/c1-3-5-7-9-11-13-15-17-31-27-40-37(41-28-31)33-19-21-35(22-20-33)39(44)45-36-25-23-34(24-26-36)38-42-29-32(30-43-38)18-16-14-12-10-8-6-4-2/h19-30H,3-18H2,1-2H3. The lowest BCUT2D eigenvalue weighted by Crippen LogP contribution is -2.08. The third-order valence-corrected chi connectivity index (χ3v) is 8.25. The Balaban J connectivity index is 1.20. The number of aromatic nitrogens is 4. The number of ether oxygens (including phenoxy) is 1. The molecule has 0 saturated heterocycles. The van der Waals surface area contributed by atoms with E-state index in [1.807, 2.05) is 49.1 Å². The Bertz CT molecular complexity index is 1390. The molecule has 0 fully saturated rings. The van der Waals surface area contributed by atoms with Gasteiger partial charge in [-0.25, -0.2) is 24.7 Å². The maximum absolute atomic E-state index is 12.8. The number of benzene rings is 2. The molecule has 0 unspecified atom stereocenters. The van der Waals surface area contributed by atoms with E-state index < -0.39 is 5.97 Å². The summed E-state index contributed by atoms with van der Waals surface area (Å²) in [5, 5.41) is 0. The summed E-state index contributed by atoms with van der Waals surface area (Å²) in [7, 11) is 0. The molecule has 0 aliphatic carbocycles. The second kappa shape index (κ2) is 19.5. The summed E-state index contributed by atoms with van der Waals surface area (Å²) in [6.45, 7) is 4.50. The summed E-state index contributed by atoms with van der Waals surface area (Å²) in [5.74, 6) is 1.39. The summed E-state index contributed by atoms with van der Waals surface area (Å²) >= 11 is 0. The van der Waals surface area contributed by atoms with Crippen LogP contribution >= 0.6 is 0 Å². The molecule has 0 bridgehead atoms. The molecular weight excluding hydrogens is 556 g/mol. The number of aryl methyl sites for hydroxylation is 2. The van der Waals surface area contributed by atoms with E-state index in [0.29, 0.717) is 23.0 Å². The second-order valence-electron chi connectivity index (χ2n) is 12.1. The summed E-state index contributed by atoms with van der Waals surface area (Å²) in [6.07, 6.45) is 27.8. The first-order valence-electron chi connectivity index (χ1n) is 17.2. The summed E-state index contributed by atoms with van der Waals surface area (Å²) < 4.78 is 5.62. The first-order chi connectivity index (χ1) is 22.2. The highest BCUT2D eigenvalue weighted by molar-refractivity contribution is 5.91. The third kappa shape index (κ3) is 11.8. The molecule has 45 heavy (non-hydrogen) atoms. The Kier molecular flexibility index (Phi) is 14.7. The molecule has 0 amide bonds. The summed E-state index contributed by atoms with van der Waals surface area (Å²) in [6, 6.07) is 14.5. The van der Waals surface area contributed by atoms with Crippen LogP contribution in [0.4, 0.5) is 0 Å². The van der Waals surface area contributed by atoms with E-state index in [1.54, 1.807) is 24.3 Å². The lowest BCUT2D eigenvalue weighted by Gasteiger charge is -2.07. The predicted octanol–water partition coefficient (Wildman–Crippen LogP) is 10.4. The van der Waals surface area contributed by atoms with Crippen molar-refractivity contribution in [2.24, 2.45) is 0 Å². The third-order valence-electron chi connectivity index (χ3n) is 8.25. The fraction of sp³-hybridized carbons (Fsp3) is 0.462. The van der Waals surface area contributed by atoms with Crippen LogP contribution in [0.1, 0.15) is 125 Å². The Hall–Kier alpha value is -3.93. The van der Waals surface area contributed by atoms with Gasteiger partial charge in [0.05, 0.1) is 5.56 Å². The van der Waals surface area contributed by atoms with E-state index in [-0.39, 0.29) is 0 Å². The highest BCUT2D eigenvalue weighted by Crippen LogP contribution is 2.22. The van der Waals surface area contributed by atoms with Crippen molar-refractivity contribution in [2.45, 2.75) is 117 Å². The Morgan fingerprint density at radius 2 is 0.889 bits per heavy atom. The van der Waals surface area contributed by atoms with Crippen LogP contribution in [-0.2, 0) is 12.8 Å². The van der Waals surface area contributed by atoms with Crippen LogP contribution in [0, 0.1) is 0 Å². The smallest absolute Gasteiger partial charge is 0.343 e. The Labute approximate surface area is 270 Å². The quantitative estimate of drug-likeness (QED) is 0.0566. The molecule has 2 aromatic carbocycles. The minimum Gasteiger partial charge on any atom is -0.423 e. The van der Waals surface area contributed by atoms with Gasteiger partial charge in [0.1, 0.15) is 5.75 Å². The molecule has 238 valence electrons. The fourth-order valence-corrected chi connectivity index (χ4v) is 5.43. The lowest BCUT2D eigenvalue weighted by molar-refractivity contribution is 0.0735. The van der Waals surface area contributed by atoms with Crippen molar-refractivity contribution in [2.75, 3.05) is 0 Å². The van der Waals surface area contributed by atoms with E-state index in [4.69, 9.17) is 4.74 Å². The highest BCUT2D eigenvalue weighted by Gasteiger charge is 2.11. The van der Waals surface area contributed by atoms with Crippen LogP contribution in [0.3, 0.4) is 0 Å². The van der Waals surface area contributed by atoms with Crippen LogP contribution in [0.15, 0.2) is 73.3 Å². The van der Waals surface area contributed by atoms with Crippen LogP contribution in [-0.4, -0.2) is 25.9 Å². The SMILES string of the molecule is CCCCCCCCCc1cnc(-c2ccc(OC(=O)c3ccc(-c4ncc(CCCCCCCCC)cn4)cc3)cc2)nc1. The Morgan fingerprint density at radius 1 is 0.511 bits per heavy atom. The molecule has 2 heterocycles. The molecule has 0 radical (unpaired) electrons. The van der Waals surface area contributed by atoms with Gasteiger partial charge in [-0.3, -0.25) is 0 Å². The van der Waals surface area contributed by atoms with Gasteiger partial charge >= 0.3 is 5.97 Å². The molecular formula is C39H50N4O2. The number of rotatable bonds is 20. The van der Waals surface area contributed by atoms with Crippen LogP contribution in [0.5, 0.6) is 5.75 Å². The average Bonchev–Trinajstić information content (AvgIpc) is 3.08. The lowest BCUT2D eigenvalue weighted by atomic mass is 10.1. The van der Waals surface area contributed by atoms with Crippen LogP contribution < -0.4 is 4.74 Å². The van der Waals surface area contributed by atoms with Gasteiger partial charge in [0.15, 0.2) is 11.6 Å². The number of unbranched alkanes of at least 4 members (excludes halogenated alkanes) is 12. The second-order valence-corrected chi connectivity index (χ2v) is 12.1. The van der Waals surface area contributed by atoms with Crippen molar-refractivity contribution in [3.8, 4) is 28.5 Å². The molecule has 0 aliphatic rings. The number of esters is 1. The van der Waals surface area contributed by atoms with Crippen molar-refractivity contribution in [3.05, 3.63) is 90.0 Å². The van der Waals surface area contributed by atoms with Crippen molar-refractivity contribution in [1.29, 1.82) is 0 Å². The molecule has 6 nitrogen and oxygen atoms in total. The Morgan fingerprint density at radius 3 is 1.31 bits per heavy atom. The van der Waals surface area contributed by atoms with Crippen molar-refractivity contribution >= 4 is 5.97 Å². The normalized spacial score (nSPS) is 11.1. The van der Waals surface area contributed by atoms with Gasteiger partial charge in [-0.1, -0.05) is 103 Å². The van der Waals surface area contributed by atoms with E-state index in [9.17, 15) is 4.79 Å². The molecule has 4 rings (SSSR count). The largest absolute Gasteiger partial charge is 0.423 e. The minimum absolute atomic E-state index is 0.411. The van der Waals surface area contributed by atoms with Crippen molar-refractivity contribution in [1.82, 2.24) is 19.9 Å². The molecule has 0 saturated carbocycles. The van der Waals surface area contributed by atoms with Crippen molar-refractivity contribution < 1.29 is 9.53 Å². The number of carbonyl (C=O) groups is 1. The molecule has 6 heteroatoms. The van der Waals surface area contributed by atoms with Gasteiger partial charge in [-0.05, 0) is 73.2 Å². The topological polar surface area (TPSA) is 77.9 Å². The fourth-order valence-electron chi connectivity index (χ4n) is 5.43. The molecule has 4 aromatic rings. The van der Waals surface area contributed by atoms with E-state index in [0.717, 1.165) is 24.0 Å². The molecule has 0 spiro atoms. The van der Waals surface area contributed by atoms with Gasteiger partial charge in [0, 0.05) is 35.9 Å². The number of hydrogen-bond acceptors (Lipinski definition) is 6. The minimum atomic E-state index is -0.411. The molecule has 0 N–H and O–H groups in total. The van der Waals surface area contributed by atoms with Crippen LogP contribution in [0.2, 0.25) is 0 Å². The zero-order valence-corrected chi connectivity index (χ0v) is 27.3. The zero-order valence-electron chi connectivity index (χ0n) is 27.3. The van der Waals surface area contributed by atoms with E-state index in [2.05, 4.69) is 33.8 Å². The highest BCUT2D eigenvalue weighted by atomic mass is 16.5. The number of carbonyl (C=O) groups excluding carboxylic acids is 1. The average molecular weight is 607 g/mol. The van der Waals surface area contributed by atoms with Crippen molar-refractivity contribution in [3.63, 3.8) is 0 Å². The summed E-state index contributed by atoms with van der Waals surface area (Å²) in [5.41, 5.74) is 4.56. The van der Waals surface area contributed by atoms with E-state index >= 15 is 0 Å². The van der Waals surface area contributed by atoms with Gasteiger partial charge in [-0.2, -0.15) is 0 Å². The van der Waals surface area contributed by atoms with Crippen LogP contribution in [0.25, 0.3) is 22.8 Å². The first-order valence-corrected chi connectivity index (χ1v) is 17.2. The molecule has 0 aliphatic heterocycles. The van der Waals surface area contributed by atoms with E-state index in [1.165, 1.54) is 101 Å². The monoisotopic (exact) mass is 606 g/mol. The number of nitrogens with zero attached hydrogens (tertiary/aromatic N) is 4. The summed E-state index contributed by atoms with van der Waals surface area (Å²) in [4.78, 5) is 31.0. The maximum Gasteiger partial charge on any atom is 0.343 e. The molecule has 0 atom stereocenters. The predicted molar refractivity (Wildman–Crippen MR) is 183 cm³/mol. The van der Waals surface area contributed by atoms with Gasteiger partial charge in [-0.15, -0.1) is 0 Å². The van der Waals surface area contributed by atoms with Gasteiger partial charge in [0.25, 0.3) is 0 Å². The first kappa shape index (κ1) is 34.0. The maximum atomic E-state index is 12.8. The zero-order chi connectivity index (χ0) is 31.5. The van der Waals surface area contributed by atoms with Gasteiger partial charge < -0.3 is 4.74 Å². The number of hydrogen-bond donors (Lipinski definition) is 0. The van der Waals surface area contributed by atoms with Gasteiger partial charge in [0.2, 0.25) is 0 Å².